The van der Waals surface area contributed by atoms with Gasteiger partial charge in [0.05, 0.1) is 12.1 Å². The van der Waals surface area contributed by atoms with Gasteiger partial charge < -0.3 is 5.11 Å². The zero-order chi connectivity index (χ0) is 13.2. The van der Waals surface area contributed by atoms with Gasteiger partial charge in [-0.15, -0.1) is 0 Å². The summed E-state index contributed by atoms with van der Waals surface area (Å²) in [5, 5.41) is 12.6. The quantitative estimate of drug-likeness (QED) is 0.870. The number of aliphatic hydroxyl groups excluding tert-OH is 1. The number of benzene rings is 1. The zero-order valence-corrected chi connectivity index (χ0v) is 10.4. The van der Waals surface area contributed by atoms with Crippen LogP contribution >= 0.6 is 0 Å². The van der Waals surface area contributed by atoms with Crippen molar-refractivity contribution in [3.8, 4) is 0 Å². The van der Waals surface area contributed by atoms with Crippen LogP contribution in [0.1, 0.15) is 37.8 Å². The second-order valence-electron chi connectivity index (χ2n) is 5.00. The summed E-state index contributed by atoms with van der Waals surface area (Å²) in [5.41, 5.74) is 0.950. The van der Waals surface area contributed by atoms with Crippen LogP contribution in [-0.4, -0.2) is 23.2 Å². The van der Waals surface area contributed by atoms with E-state index in [4.69, 9.17) is 0 Å². The predicted octanol–water partition coefficient (Wildman–Crippen LogP) is 2.89. The van der Waals surface area contributed by atoms with Gasteiger partial charge in [-0.3, -0.25) is 5.32 Å². The van der Waals surface area contributed by atoms with Crippen LogP contribution in [0.4, 0.5) is 8.78 Å². The molecule has 1 aromatic rings. The molecule has 2 nitrogen and oxygen atoms in total. The highest BCUT2D eigenvalue weighted by Crippen LogP contribution is 2.35. The standard InChI is InChI=1S/C14H19F2NO/c1-10(11-6-3-2-4-7-11)17-13-12(18)8-5-9-14(13,15)16/h2-4,6-7,10,12-13,17-18H,5,8-9H2,1H3/t10?,12?,13-/m0/s1. The van der Waals surface area contributed by atoms with Crippen molar-refractivity contribution in [3.63, 3.8) is 0 Å². The van der Waals surface area contributed by atoms with Gasteiger partial charge in [0.2, 0.25) is 0 Å². The van der Waals surface area contributed by atoms with Crippen LogP contribution in [0.25, 0.3) is 0 Å². The monoisotopic (exact) mass is 255 g/mol. The SMILES string of the molecule is CC(N[C@H]1C(O)CCCC1(F)F)c1ccccc1. The van der Waals surface area contributed by atoms with E-state index in [0.29, 0.717) is 12.8 Å². The molecule has 2 unspecified atom stereocenters. The van der Waals surface area contributed by atoms with E-state index in [9.17, 15) is 13.9 Å². The fourth-order valence-electron chi connectivity index (χ4n) is 2.49. The normalized spacial score (nSPS) is 28.9. The Balaban J connectivity index is 2.07. The lowest BCUT2D eigenvalue weighted by molar-refractivity contribution is -0.111. The van der Waals surface area contributed by atoms with Crippen LogP contribution in [0.2, 0.25) is 0 Å². The maximum Gasteiger partial charge on any atom is 0.265 e. The van der Waals surface area contributed by atoms with Crippen molar-refractivity contribution in [2.45, 2.75) is 50.3 Å². The fraction of sp³-hybridized carbons (Fsp3) is 0.571. The van der Waals surface area contributed by atoms with Gasteiger partial charge in [-0.1, -0.05) is 30.3 Å². The summed E-state index contributed by atoms with van der Waals surface area (Å²) in [7, 11) is 0. The second kappa shape index (κ2) is 5.33. The van der Waals surface area contributed by atoms with E-state index in [1.807, 2.05) is 37.3 Å². The number of halogens is 2. The van der Waals surface area contributed by atoms with Crippen LogP contribution in [0, 0.1) is 0 Å². The van der Waals surface area contributed by atoms with Crippen LogP contribution < -0.4 is 5.32 Å². The van der Waals surface area contributed by atoms with Gasteiger partial charge >= 0.3 is 0 Å². The highest BCUT2D eigenvalue weighted by Gasteiger charge is 2.46. The maximum atomic E-state index is 13.8. The Bertz CT molecular complexity index is 383. The number of alkyl halides is 2. The third kappa shape index (κ3) is 2.87. The van der Waals surface area contributed by atoms with E-state index < -0.39 is 18.1 Å². The topological polar surface area (TPSA) is 32.3 Å². The molecule has 100 valence electrons. The molecule has 1 aromatic carbocycles. The van der Waals surface area contributed by atoms with E-state index in [-0.39, 0.29) is 12.5 Å². The third-order valence-electron chi connectivity index (χ3n) is 3.58. The molecule has 0 radical (unpaired) electrons. The average Bonchev–Trinajstić information content (AvgIpc) is 2.34. The molecule has 0 spiro atoms. The smallest absolute Gasteiger partial charge is 0.265 e. The molecule has 0 saturated heterocycles. The summed E-state index contributed by atoms with van der Waals surface area (Å²) in [4.78, 5) is 0. The van der Waals surface area contributed by atoms with Gasteiger partial charge in [-0.25, -0.2) is 8.78 Å². The Kier molecular flexibility index (Phi) is 3.97. The van der Waals surface area contributed by atoms with Gasteiger partial charge in [-0.2, -0.15) is 0 Å². The molecule has 2 N–H and O–H groups in total. The average molecular weight is 255 g/mol. The number of rotatable bonds is 3. The first-order valence-corrected chi connectivity index (χ1v) is 6.37. The maximum absolute atomic E-state index is 13.8. The summed E-state index contributed by atoms with van der Waals surface area (Å²) in [6, 6.07) is 8.08. The van der Waals surface area contributed by atoms with Gasteiger partial charge in [0.25, 0.3) is 5.92 Å². The van der Waals surface area contributed by atoms with Gasteiger partial charge in [-0.05, 0) is 25.3 Å². The Morgan fingerprint density at radius 1 is 1.33 bits per heavy atom. The van der Waals surface area contributed by atoms with Crippen LogP contribution in [0.3, 0.4) is 0 Å². The molecule has 0 aliphatic heterocycles. The van der Waals surface area contributed by atoms with Crippen LogP contribution in [0.5, 0.6) is 0 Å². The Morgan fingerprint density at radius 3 is 2.61 bits per heavy atom. The van der Waals surface area contributed by atoms with E-state index in [2.05, 4.69) is 5.32 Å². The predicted molar refractivity (Wildman–Crippen MR) is 66.6 cm³/mol. The molecule has 0 aromatic heterocycles. The van der Waals surface area contributed by atoms with Crippen LogP contribution in [0.15, 0.2) is 30.3 Å². The van der Waals surface area contributed by atoms with Crippen molar-refractivity contribution >= 4 is 0 Å². The Hall–Kier alpha value is -1.00. The van der Waals surface area contributed by atoms with E-state index in [1.165, 1.54) is 0 Å². The molecule has 1 aliphatic carbocycles. The highest BCUT2D eigenvalue weighted by atomic mass is 19.3. The molecule has 1 aliphatic rings. The molecule has 18 heavy (non-hydrogen) atoms. The summed E-state index contributed by atoms with van der Waals surface area (Å²) in [6.07, 6.45) is -0.302. The molecule has 0 amide bonds. The third-order valence-corrected chi connectivity index (χ3v) is 3.58. The van der Waals surface area contributed by atoms with E-state index >= 15 is 0 Å². The first-order valence-electron chi connectivity index (χ1n) is 6.37. The molecule has 3 atom stereocenters. The van der Waals surface area contributed by atoms with Crippen molar-refractivity contribution in [1.29, 1.82) is 0 Å². The molecule has 2 rings (SSSR count). The lowest BCUT2D eigenvalue weighted by atomic mass is 9.88. The van der Waals surface area contributed by atoms with Crippen molar-refractivity contribution in [2.24, 2.45) is 0 Å². The van der Waals surface area contributed by atoms with Gasteiger partial charge in [0.1, 0.15) is 0 Å². The summed E-state index contributed by atoms with van der Waals surface area (Å²) >= 11 is 0. The zero-order valence-electron chi connectivity index (χ0n) is 10.4. The molecule has 1 fully saturated rings. The number of hydrogen-bond donors (Lipinski definition) is 2. The molecule has 0 heterocycles. The van der Waals surface area contributed by atoms with Crippen molar-refractivity contribution in [2.75, 3.05) is 0 Å². The Morgan fingerprint density at radius 2 is 2.00 bits per heavy atom. The summed E-state index contributed by atoms with van der Waals surface area (Å²) in [6.45, 7) is 1.84. The minimum Gasteiger partial charge on any atom is -0.391 e. The number of aliphatic hydroxyl groups is 1. The first-order chi connectivity index (χ1) is 8.50. The lowest BCUT2D eigenvalue weighted by Gasteiger charge is -2.37. The largest absolute Gasteiger partial charge is 0.391 e. The summed E-state index contributed by atoms with van der Waals surface area (Å²) < 4.78 is 27.5. The molecule has 1 saturated carbocycles. The van der Waals surface area contributed by atoms with Crippen molar-refractivity contribution in [3.05, 3.63) is 35.9 Å². The first kappa shape index (κ1) is 13.4. The molecular weight excluding hydrogens is 236 g/mol. The van der Waals surface area contributed by atoms with Gasteiger partial charge in [0, 0.05) is 12.5 Å². The van der Waals surface area contributed by atoms with Crippen molar-refractivity contribution in [1.82, 2.24) is 5.32 Å². The molecule has 0 bridgehead atoms. The minimum atomic E-state index is -2.83. The number of hydrogen-bond acceptors (Lipinski definition) is 2. The van der Waals surface area contributed by atoms with E-state index in [0.717, 1.165) is 5.56 Å². The van der Waals surface area contributed by atoms with Crippen LogP contribution in [-0.2, 0) is 0 Å². The Labute approximate surface area is 106 Å². The fourth-order valence-corrected chi connectivity index (χ4v) is 2.49. The molecule has 4 heteroatoms. The van der Waals surface area contributed by atoms with Gasteiger partial charge in [0.15, 0.2) is 0 Å². The van der Waals surface area contributed by atoms with E-state index in [1.54, 1.807) is 0 Å². The summed E-state index contributed by atoms with van der Waals surface area (Å²) in [5.74, 6) is -2.83. The minimum absolute atomic E-state index is 0.150. The molecular formula is C14H19F2NO. The second-order valence-corrected chi connectivity index (χ2v) is 5.00. The lowest BCUT2D eigenvalue weighted by Crippen LogP contribution is -2.55. The van der Waals surface area contributed by atoms with Crippen molar-refractivity contribution < 1.29 is 13.9 Å². The number of nitrogens with one attached hydrogen (secondary N) is 1. The highest BCUT2D eigenvalue weighted by molar-refractivity contribution is 5.18.